The van der Waals surface area contributed by atoms with E-state index >= 15 is 0 Å². The van der Waals surface area contributed by atoms with E-state index in [0.717, 1.165) is 25.8 Å². The molecule has 30 heavy (non-hydrogen) atoms. The smallest absolute Gasteiger partial charge is 0.332 e. The van der Waals surface area contributed by atoms with Gasteiger partial charge in [0, 0.05) is 25.9 Å². The normalized spacial score (nSPS) is 21.4. The molecule has 3 aromatic carbocycles. The molecule has 1 fully saturated rings. The highest BCUT2D eigenvalue weighted by Crippen LogP contribution is 2.45. The summed E-state index contributed by atoms with van der Waals surface area (Å²) in [6, 6.07) is 20.2. The third-order valence-corrected chi connectivity index (χ3v) is 6.60. The predicted molar refractivity (Wildman–Crippen MR) is 128 cm³/mol. The van der Waals surface area contributed by atoms with Gasteiger partial charge in [-0.1, -0.05) is 61.2 Å². The summed E-state index contributed by atoms with van der Waals surface area (Å²) in [6.07, 6.45) is 0. The molecule has 154 valence electrons. The fourth-order valence-electron chi connectivity index (χ4n) is 4.18. The number of anilines is 2. The molecule has 0 aliphatic carbocycles. The number of aliphatic hydroxyl groups is 1. The van der Waals surface area contributed by atoms with E-state index in [9.17, 15) is 9.90 Å². The Morgan fingerprint density at radius 2 is 1.30 bits per heavy atom. The number of carbonyl (C=O) groups excluding carboxylic acids is 1. The number of hydrogen-bond acceptors (Lipinski definition) is 2. The van der Waals surface area contributed by atoms with Crippen LogP contribution in [0.2, 0.25) is 0 Å². The lowest BCUT2D eigenvalue weighted by molar-refractivity contribution is 0.0371. The van der Waals surface area contributed by atoms with E-state index in [-0.39, 0.29) is 6.03 Å². The van der Waals surface area contributed by atoms with Crippen LogP contribution in [0.5, 0.6) is 0 Å². The van der Waals surface area contributed by atoms with Crippen LogP contribution in [0.3, 0.4) is 0 Å². The molecule has 6 heteroatoms. The van der Waals surface area contributed by atoms with Crippen LogP contribution in [0, 0.1) is 13.8 Å². The number of nitrogens with zero attached hydrogens (tertiary/aromatic N) is 2. The van der Waals surface area contributed by atoms with Gasteiger partial charge >= 0.3 is 6.03 Å². The van der Waals surface area contributed by atoms with Gasteiger partial charge in [-0.2, -0.15) is 0 Å². The molecule has 0 aromatic heterocycles. The summed E-state index contributed by atoms with van der Waals surface area (Å²) in [5, 5.41) is 12.2. The molecule has 1 saturated heterocycles. The summed E-state index contributed by atoms with van der Waals surface area (Å²) < 4.78 is 1.84. The van der Waals surface area contributed by atoms with Crippen LogP contribution in [0.25, 0.3) is 0 Å². The summed E-state index contributed by atoms with van der Waals surface area (Å²) >= 11 is 6.90. The topological polar surface area (TPSA) is 43.8 Å². The van der Waals surface area contributed by atoms with Gasteiger partial charge in [-0.05, 0) is 69.3 Å². The molecule has 4 nitrogen and oxygen atoms in total. The fraction of sp³-hybridized carbons (Fsp3) is 0.208. The third kappa shape index (κ3) is 3.47. The van der Waals surface area contributed by atoms with E-state index in [2.05, 4.69) is 37.9 Å². The first-order valence-electron chi connectivity index (χ1n) is 9.67. The number of hydrogen-bond donors (Lipinski definition) is 1. The molecule has 1 N–H and O–H groups in total. The highest BCUT2D eigenvalue weighted by Gasteiger charge is 2.56. The molecule has 3 aromatic rings. The van der Waals surface area contributed by atoms with Gasteiger partial charge in [0.2, 0.25) is 0 Å². The zero-order chi connectivity index (χ0) is 21.6. The first-order valence-corrected chi connectivity index (χ1v) is 11.3. The van der Waals surface area contributed by atoms with Gasteiger partial charge in [0.15, 0.2) is 5.72 Å². The molecule has 1 aliphatic heterocycles. The molecular formula is C24H22Br2N2O2. The van der Waals surface area contributed by atoms with Gasteiger partial charge in [0.1, 0.15) is 0 Å². The molecule has 2 unspecified atom stereocenters. The van der Waals surface area contributed by atoms with Crippen molar-refractivity contribution in [1.82, 2.24) is 0 Å². The largest absolute Gasteiger partial charge is 0.365 e. The summed E-state index contributed by atoms with van der Waals surface area (Å²) in [7, 11) is 0. The fourth-order valence-corrected chi connectivity index (χ4v) is 4.71. The predicted octanol–water partition coefficient (Wildman–Crippen LogP) is 6.51. The second kappa shape index (κ2) is 7.84. The van der Waals surface area contributed by atoms with E-state index in [1.807, 2.05) is 81.4 Å². The van der Waals surface area contributed by atoms with Crippen LogP contribution in [-0.4, -0.2) is 17.2 Å². The minimum atomic E-state index is -1.53. The Morgan fingerprint density at radius 3 is 1.80 bits per heavy atom. The first kappa shape index (κ1) is 21.1. The number of amides is 2. The van der Waals surface area contributed by atoms with Gasteiger partial charge in [-0.25, -0.2) is 4.79 Å². The second-order valence-corrected chi connectivity index (χ2v) is 9.55. The lowest BCUT2D eigenvalue weighted by Gasteiger charge is -2.36. The van der Waals surface area contributed by atoms with Crippen molar-refractivity contribution in [1.29, 1.82) is 0 Å². The summed E-state index contributed by atoms with van der Waals surface area (Å²) in [5.74, 6) is 0. The lowest BCUT2D eigenvalue weighted by atomic mass is 9.92. The highest BCUT2D eigenvalue weighted by molar-refractivity contribution is 9.10. The molecule has 0 spiro atoms. The Labute approximate surface area is 193 Å². The molecule has 1 heterocycles. The van der Waals surface area contributed by atoms with Gasteiger partial charge in [0.05, 0.1) is 6.04 Å². The molecular weight excluding hydrogens is 508 g/mol. The van der Waals surface area contributed by atoms with Gasteiger partial charge in [-0.15, -0.1) is 0 Å². The van der Waals surface area contributed by atoms with Crippen LogP contribution in [-0.2, 0) is 5.72 Å². The number of aryl methyl sites for hydroxylation is 2. The molecule has 0 radical (unpaired) electrons. The molecule has 2 atom stereocenters. The van der Waals surface area contributed by atoms with Gasteiger partial charge in [-0.3, -0.25) is 9.80 Å². The van der Waals surface area contributed by atoms with Crippen LogP contribution < -0.4 is 9.80 Å². The quantitative estimate of drug-likeness (QED) is 0.420. The van der Waals surface area contributed by atoms with Crippen LogP contribution in [0.1, 0.15) is 23.6 Å². The third-order valence-electron chi connectivity index (χ3n) is 5.54. The first-order chi connectivity index (χ1) is 14.2. The van der Waals surface area contributed by atoms with E-state index in [0.29, 0.717) is 11.3 Å². The lowest BCUT2D eigenvalue weighted by Crippen LogP contribution is -2.48. The number of halogens is 2. The number of benzene rings is 3. The molecule has 4 rings (SSSR count). The Kier molecular flexibility index (Phi) is 5.51. The number of carbonyl (C=O) groups is 1. The highest BCUT2D eigenvalue weighted by atomic mass is 79.9. The van der Waals surface area contributed by atoms with Crippen molar-refractivity contribution in [3.63, 3.8) is 0 Å². The monoisotopic (exact) mass is 528 g/mol. The van der Waals surface area contributed by atoms with Crippen LogP contribution in [0.15, 0.2) is 75.7 Å². The molecule has 0 saturated carbocycles. The van der Waals surface area contributed by atoms with Crippen molar-refractivity contribution in [2.45, 2.75) is 32.5 Å². The Hall–Kier alpha value is -2.15. The minimum absolute atomic E-state index is 0.270. The number of rotatable bonds is 3. The average Bonchev–Trinajstić information content (AvgIpc) is 2.90. The Bertz CT molecular complexity index is 1080. The Balaban J connectivity index is 1.92. The van der Waals surface area contributed by atoms with Crippen molar-refractivity contribution >= 4 is 49.3 Å². The SMILES string of the molecule is Cc1cc(C)cc(C2(O)C(C)N(c3ccc(Br)cc3)C(=O)N2c2ccc(Br)cc2)c1. The number of urea groups is 1. The van der Waals surface area contributed by atoms with Gasteiger partial charge in [0.25, 0.3) is 0 Å². The van der Waals surface area contributed by atoms with Crippen molar-refractivity contribution in [3.8, 4) is 0 Å². The van der Waals surface area contributed by atoms with Crippen molar-refractivity contribution in [2.75, 3.05) is 9.80 Å². The van der Waals surface area contributed by atoms with Crippen molar-refractivity contribution < 1.29 is 9.90 Å². The standard InChI is InChI=1S/C24H22Br2N2O2/c1-15-12-16(2)14-18(13-15)24(30)17(3)27(21-8-4-19(25)5-9-21)23(29)28(24)22-10-6-20(26)7-11-22/h4-14,17,30H,1-3H3. The van der Waals surface area contributed by atoms with Crippen molar-refractivity contribution in [2.24, 2.45) is 0 Å². The van der Waals surface area contributed by atoms with E-state index in [1.165, 1.54) is 4.90 Å². The molecule has 2 amide bonds. The van der Waals surface area contributed by atoms with Crippen molar-refractivity contribution in [3.05, 3.63) is 92.4 Å². The summed E-state index contributed by atoms with van der Waals surface area (Å²) in [4.78, 5) is 16.9. The second-order valence-electron chi connectivity index (χ2n) is 7.72. The maximum atomic E-state index is 13.7. The molecule has 1 aliphatic rings. The van der Waals surface area contributed by atoms with E-state index < -0.39 is 11.8 Å². The Morgan fingerprint density at radius 1 is 0.833 bits per heavy atom. The van der Waals surface area contributed by atoms with E-state index in [4.69, 9.17) is 0 Å². The van der Waals surface area contributed by atoms with Gasteiger partial charge < -0.3 is 5.11 Å². The maximum absolute atomic E-state index is 13.7. The molecule has 0 bridgehead atoms. The average molecular weight is 530 g/mol. The zero-order valence-corrected chi connectivity index (χ0v) is 20.1. The summed E-state index contributed by atoms with van der Waals surface area (Å²) in [6.45, 7) is 5.88. The summed E-state index contributed by atoms with van der Waals surface area (Å²) in [5.41, 5.74) is 2.61. The maximum Gasteiger partial charge on any atom is 0.332 e. The zero-order valence-electron chi connectivity index (χ0n) is 16.9. The minimum Gasteiger partial charge on any atom is -0.365 e. The van der Waals surface area contributed by atoms with E-state index in [1.54, 1.807) is 4.90 Å². The van der Waals surface area contributed by atoms with Crippen LogP contribution in [0.4, 0.5) is 16.2 Å². The van der Waals surface area contributed by atoms with Crippen LogP contribution >= 0.6 is 31.9 Å².